The number of rotatable bonds is 7. The van der Waals surface area contributed by atoms with Crippen LogP contribution in [0.5, 0.6) is 5.75 Å². The Morgan fingerprint density at radius 3 is 2.29 bits per heavy atom. The summed E-state index contributed by atoms with van der Waals surface area (Å²) in [6, 6.07) is 8.92. The van der Waals surface area contributed by atoms with E-state index in [1.165, 1.54) is 23.5 Å². The summed E-state index contributed by atoms with van der Waals surface area (Å²) in [6.07, 6.45) is -4.36. The van der Waals surface area contributed by atoms with E-state index in [1.54, 1.807) is 11.8 Å². The molecule has 0 amide bonds. The average molecular weight is 468 g/mol. The van der Waals surface area contributed by atoms with Gasteiger partial charge in [-0.15, -0.1) is 23.1 Å². The number of carboxylic acid groups (broad SMARTS) is 1. The molecule has 0 atom stereocenters. The van der Waals surface area contributed by atoms with Crippen molar-refractivity contribution in [2.45, 2.75) is 37.6 Å². The van der Waals surface area contributed by atoms with Gasteiger partial charge in [0, 0.05) is 21.1 Å². The maximum Gasteiger partial charge on any atom is 0.416 e. The van der Waals surface area contributed by atoms with Gasteiger partial charge in [-0.05, 0) is 56.2 Å². The lowest BCUT2D eigenvalue weighted by molar-refractivity contribution is -0.139. The van der Waals surface area contributed by atoms with E-state index in [9.17, 15) is 18.0 Å². The smallest absolute Gasteiger partial charge is 0.416 e. The largest absolute Gasteiger partial charge is 0.481 e. The van der Waals surface area contributed by atoms with Crippen molar-refractivity contribution in [3.05, 3.63) is 63.7 Å². The van der Waals surface area contributed by atoms with Crippen molar-refractivity contribution < 1.29 is 27.8 Å². The molecule has 3 rings (SSSR count). The van der Waals surface area contributed by atoms with E-state index in [0.29, 0.717) is 22.1 Å². The van der Waals surface area contributed by atoms with E-state index in [0.717, 1.165) is 38.7 Å². The number of thioether (sulfide) groups is 1. The predicted molar refractivity (Wildman–Crippen MR) is 116 cm³/mol. The SMILES string of the molecule is Cc1cc(SCc2sc(-c3ccc(C(F)(F)F)cc3)nc2C)cc(C)c1OCC(=O)O. The highest BCUT2D eigenvalue weighted by Crippen LogP contribution is 2.36. The molecular weight excluding hydrogens is 447 g/mol. The van der Waals surface area contributed by atoms with Crippen molar-refractivity contribution in [3.63, 3.8) is 0 Å². The standard InChI is InChI=1S/C22H20F3NO3S2/c1-12-8-17(9-13(2)20(12)29-10-19(27)28)30-11-18-14(3)26-21(31-18)15-4-6-16(7-5-15)22(23,24)25/h4-9H,10-11H2,1-3H3,(H,27,28). The summed E-state index contributed by atoms with van der Waals surface area (Å²) in [5, 5.41) is 9.48. The van der Waals surface area contributed by atoms with E-state index in [4.69, 9.17) is 9.84 Å². The number of thiazole rings is 1. The van der Waals surface area contributed by atoms with Crippen LogP contribution in [0.4, 0.5) is 13.2 Å². The average Bonchev–Trinajstić information content (AvgIpc) is 3.05. The Balaban J connectivity index is 1.72. The summed E-state index contributed by atoms with van der Waals surface area (Å²) in [5.74, 6) is 0.213. The minimum Gasteiger partial charge on any atom is -0.481 e. The van der Waals surface area contributed by atoms with Crippen molar-refractivity contribution >= 4 is 29.1 Å². The molecule has 0 bridgehead atoms. The molecule has 0 saturated carbocycles. The first-order valence-corrected chi connectivity index (χ1v) is 11.1. The number of aromatic nitrogens is 1. The number of ether oxygens (including phenoxy) is 1. The fourth-order valence-electron chi connectivity index (χ4n) is 2.99. The van der Waals surface area contributed by atoms with Gasteiger partial charge in [0.2, 0.25) is 0 Å². The van der Waals surface area contributed by atoms with E-state index in [-0.39, 0.29) is 6.61 Å². The van der Waals surface area contributed by atoms with Crippen LogP contribution < -0.4 is 4.74 Å². The number of hydrogen-bond acceptors (Lipinski definition) is 5. The first kappa shape index (κ1) is 23.1. The molecule has 2 aromatic carbocycles. The van der Waals surface area contributed by atoms with E-state index >= 15 is 0 Å². The normalized spacial score (nSPS) is 11.5. The van der Waals surface area contributed by atoms with Gasteiger partial charge in [0.1, 0.15) is 10.8 Å². The van der Waals surface area contributed by atoms with E-state index in [2.05, 4.69) is 4.98 Å². The van der Waals surface area contributed by atoms with Gasteiger partial charge in [-0.3, -0.25) is 0 Å². The molecule has 3 aromatic rings. The third-order valence-corrected chi connectivity index (χ3v) is 6.89. The van der Waals surface area contributed by atoms with Crippen molar-refractivity contribution in [3.8, 4) is 16.3 Å². The number of carbonyl (C=O) groups is 1. The molecule has 31 heavy (non-hydrogen) atoms. The van der Waals surface area contributed by atoms with Crippen LogP contribution in [0, 0.1) is 20.8 Å². The second-order valence-corrected chi connectivity index (χ2v) is 9.09. The molecule has 0 fully saturated rings. The van der Waals surface area contributed by atoms with Gasteiger partial charge in [0.15, 0.2) is 6.61 Å². The fraction of sp³-hybridized carbons (Fsp3) is 0.273. The van der Waals surface area contributed by atoms with E-state index in [1.807, 2.05) is 32.9 Å². The second-order valence-electron chi connectivity index (χ2n) is 6.96. The molecule has 9 heteroatoms. The Kier molecular flexibility index (Phi) is 6.96. The Hall–Kier alpha value is -2.52. The number of nitrogens with zero attached hydrogens (tertiary/aromatic N) is 1. The van der Waals surface area contributed by atoms with Gasteiger partial charge >= 0.3 is 12.1 Å². The molecule has 0 aliphatic carbocycles. The Labute approximate surface area is 186 Å². The lowest BCUT2D eigenvalue weighted by atomic mass is 10.1. The molecule has 1 aromatic heterocycles. The lowest BCUT2D eigenvalue weighted by Crippen LogP contribution is -2.10. The number of aliphatic carboxylic acids is 1. The van der Waals surface area contributed by atoms with E-state index < -0.39 is 17.7 Å². The van der Waals surface area contributed by atoms with Crippen LogP contribution in [0.25, 0.3) is 10.6 Å². The first-order valence-electron chi connectivity index (χ1n) is 9.27. The topological polar surface area (TPSA) is 59.4 Å². The highest BCUT2D eigenvalue weighted by molar-refractivity contribution is 7.98. The quantitative estimate of drug-likeness (QED) is 0.402. The molecule has 0 saturated heterocycles. The van der Waals surface area contributed by atoms with Crippen molar-refractivity contribution in [2.24, 2.45) is 0 Å². The number of hydrogen-bond donors (Lipinski definition) is 1. The van der Waals surface area contributed by atoms with Crippen LogP contribution in [0.3, 0.4) is 0 Å². The zero-order valence-electron chi connectivity index (χ0n) is 17.0. The molecule has 0 aliphatic rings. The Morgan fingerprint density at radius 2 is 1.74 bits per heavy atom. The fourth-order valence-corrected chi connectivity index (χ4v) is 5.29. The number of benzene rings is 2. The van der Waals surface area contributed by atoms with Gasteiger partial charge < -0.3 is 9.84 Å². The minimum atomic E-state index is -4.36. The molecule has 4 nitrogen and oxygen atoms in total. The number of aryl methyl sites for hydroxylation is 3. The number of halogens is 3. The maximum atomic E-state index is 12.8. The summed E-state index contributed by atoms with van der Waals surface area (Å²) in [5.41, 5.74) is 2.54. The van der Waals surface area contributed by atoms with Crippen molar-refractivity contribution in [1.82, 2.24) is 4.98 Å². The van der Waals surface area contributed by atoms with Gasteiger partial charge in [-0.2, -0.15) is 13.2 Å². The molecule has 1 heterocycles. The molecule has 164 valence electrons. The second kappa shape index (κ2) is 9.32. The summed E-state index contributed by atoms with van der Waals surface area (Å²) < 4.78 is 43.6. The van der Waals surface area contributed by atoms with Gasteiger partial charge in [-0.1, -0.05) is 12.1 Å². The highest BCUT2D eigenvalue weighted by Gasteiger charge is 2.30. The molecule has 1 N–H and O–H groups in total. The van der Waals surface area contributed by atoms with Crippen LogP contribution in [0.1, 0.15) is 27.3 Å². The third-order valence-electron chi connectivity index (χ3n) is 4.50. The van der Waals surface area contributed by atoms with Crippen molar-refractivity contribution in [2.75, 3.05) is 6.61 Å². The number of alkyl halides is 3. The lowest BCUT2D eigenvalue weighted by Gasteiger charge is -2.12. The zero-order chi connectivity index (χ0) is 22.8. The number of carboxylic acids is 1. The molecular formula is C22H20F3NO3S2. The maximum absolute atomic E-state index is 12.8. The van der Waals surface area contributed by atoms with Crippen LogP contribution in [-0.4, -0.2) is 22.7 Å². The molecule has 0 unspecified atom stereocenters. The molecule has 0 aliphatic heterocycles. The van der Waals surface area contributed by atoms with Crippen LogP contribution in [-0.2, 0) is 16.7 Å². The monoisotopic (exact) mass is 467 g/mol. The van der Waals surface area contributed by atoms with Crippen LogP contribution >= 0.6 is 23.1 Å². The summed E-state index contributed by atoms with van der Waals surface area (Å²) in [7, 11) is 0. The summed E-state index contributed by atoms with van der Waals surface area (Å²) in [6.45, 7) is 5.24. The van der Waals surface area contributed by atoms with Gasteiger partial charge in [0.25, 0.3) is 0 Å². The first-order chi connectivity index (χ1) is 14.5. The Morgan fingerprint density at radius 1 is 1.13 bits per heavy atom. The van der Waals surface area contributed by atoms with Crippen molar-refractivity contribution in [1.29, 1.82) is 0 Å². The molecule has 0 radical (unpaired) electrons. The van der Waals surface area contributed by atoms with Gasteiger partial charge in [0.05, 0.1) is 11.3 Å². The summed E-state index contributed by atoms with van der Waals surface area (Å²) >= 11 is 3.08. The Bertz CT molecular complexity index is 1070. The molecule has 0 spiro atoms. The van der Waals surface area contributed by atoms with Crippen LogP contribution in [0.2, 0.25) is 0 Å². The highest BCUT2D eigenvalue weighted by atomic mass is 32.2. The summed E-state index contributed by atoms with van der Waals surface area (Å²) in [4.78, 5) is 17.3. The predicted octanol–water partition coefficient (Wildman–Crippen LogP) is 6.51. The van der Waals surface area contributed by atoms with Gasteiger partial charge in [-0.25, -0.2) is 9.78 Å². The minimum absolute atomic E-state index is 0.388. The van der Waals surface area contributed by atoms with Crippen LogP contribution in [0.15, 0.2) is 41.3 Å². The zero-order valence-corrected chi connectivity index (χ0v) is 18.7. The third kappa shape index (κ3) is 5.80.